The normalized spacial score (nSPS) is 12.5. The van der Waals surface area contributed by atoms with Gasteiger partial charge in [0.05, 0.1) is 11.4 Å². The minimum Gasteiger partial charge on any atom is -0.397 e. The van der Waals surface area contributed by atoms with E-state index in [9.17, 15) is 0 Å². The van der Waals surface area contributed by atoms with Crippen LogP contribution in [0.2, 0.25) is 0 Å². The van der Waals surface area contributed by atoms with E-state index in [0.717, 1.165) is 21.6 Å². The molecule has 1 atom stereocenters. The molecule has 1 aromatic rings. The molecule has 0 saturated heterocycles. The van der Waals surface area contributed by atoms with E-state index in [4.69, 9.17) is 5.73 Å². The van der Waals surface area contributed by atoms with Crippen LogP contribution in [0.15, 0.2) is 22.7 Å². The van der Waals surface area contributed by atoms with Crippen molar-refractivity contribution < 1.29 is 0 Å². The van der Waals surface area contributed by atoms with Crippen LogP contribution in [0.1, 0.15) is 6.92 Å². The Morgan fingerprint density at radius 1 is 1.57 bits per heavy atom. The fourth-order valence-corrected chi connectivity index (χ4v) is 2.18. The van der Waals surface area contributed by atoms with Crippen molar-refractivity contribution in [3.05, 3.63) is 22.7 Å². The quantitative estimate of drug-likeness (QED) is 0.829. The first-order valence-electron chi connectivity index (χ1n) is 4.44. The van der Waals surface area contributed by atoms with Crippen molar-refractivity contribution in [3.8, 4) is 0 Å². The monoisotopic (exact) mass is 274 g/mol. The summed E-state index contributed by atoms with van der Waals surface area (Å²) in [4.78, 5) is 0. The number of nitrogen functional groups attached to an aromatic ring is 1. The second-order valence-electron chi connectivity index (χ2n) is 3.23. The predicted molar refractivity (Wildman–Crippen MR) is 70.0 cm³/mol. The van der Waals surface area contributed by atoms with Crippen LogP contribution >= 0.6 is 27.7 Å². The Kier molecular flexibility index (Phi) is 4.62. The lowest BCUT2D eigenvalue weighted by Gasteiger charge is -2.15. The Balaban J connectivity index is 2.67. The molecule has 14 heavy (non-hydrogen) atoms. The average molecular weight is 275 g/mol. The van der Waals surface area contributed by atoms with Crippen molar-refractivity contribution in [2.75, 3.05) is 23.1 Å². The van der Waals surface area contributed by atoms with E-state index < -0.39 is 0 Å². The number of thioether (sulfide) groups is 1. The van der Waals surface area contributed by atoms with Crippen molar-refractivity contribution in [2.24, 2.45) is 0 Å². The van der Waals surface area contributed by atoms with Crippen LogP contribution < -0.4 is 11.1 Å². The minimum absolute atomic E-state index is 0.438. The molecule has 2 nitrogen and oxygen atoms in total. The van der Waals surface area contributed by atoms with Crippen molar-refractivity contribution in [2.45, 2.75) is 13.0 Å². The zero-order valence-corrected chi connectivity index (χ0v) is 10.8. The van der Waals surface area contributed by atoms with Gasteiger partial charge in [-0.1, -0.05) is 15.9 Å². The summed E-state index contributed by atoms with van der Waals surface area (Å²) in [7, 11) is 0. The van der Waals surface area contributed by atoms with Gasteiger partial charge in [0.1, 0.15) is 0 Å². The van der Waals surface area contributed by atoms with Gasteiger partial charge in [0, 0.05) is 16.3 Å². The molecule has 0 aliphatic heterocycles. The van der Waals surface area contributed by atoms with Crippen LogP contribution in [0.3, 0.4) is 0 Å². The molecule has 0 aliphatic carbocycles. The summed E-state index contributed by atoms with van der Waals surface area (Å²) in [5, 5.41) is 3.37. The van der Waals surface area contributed by atoms with Gasteiger partial charge in [0.15, 0.2) is 0 Å². The lowest BCUT2D eigenvalue weighted by atomic mass is 10.2. The van der Waals surface area contributed by atoms with Crippen LogP contribution in [-0.2, 0) is 0 Å². The number of benzene rings is 1. The molecule has 1 rings (SSSR count). The SMILES string of the molecule is CSCC(C)Nc1ccc(Br)cc1N. The third kappa shape index (κ3) is 3.42. The summed E-state index contributed by atoms with van der Waals surface area (Å²) in [6, 6.07) is 6.34. The zero-order chi connectivity index (χ0) is 10.6. The molecular weight excluding hydrogens is 260 g/mol. The predicted octanol–water partition coefficient (Wildman–Crippen LogP) is 3.19. The number of hydrogen-bond acceptors (Lipinski definition) is 3. The summed E-state index contributed by atoms with van der Waals surface area (Å²) < 4.78 is 1.01. The average Bonchev–Trinajstić information content (AvgIpc) is 2.10. The lowest BCUT2D eigenvalue weighted by Crippen LogP contribution is -2.18. The van der Waals surface area contributed by atoms with Crippen LogP contribution in [0.4, 0.5) is 11.4 Å². The summed E-state index contributed by atoms with van der Waals surface area (Å²) >= 11 is 5.21. The summed E-state index contributed by atoms with van der Waals surface area (Å²) in [5.41, 5.74) is 7.66. The molecule has 0 fully saturated rings. The Labute approximate surface area is 97.8 Å². The van der Waals surface area contributed by atoms with Gasteiger partial charge in [0.25, 0.3) is 0 Å². The first-order chi connectivity index (χ1) is 6.63. The standard InChI is InChI=1S/C10H15BrN2S/c1-7(6-14-2)13-10-4-3-8(11)5-9(10)12/h3-5,7,13H,6,12H2,1-2H3. The van der Waals surface area contributed by atoms with Gasteiger partial charge in [0.2, 0.25) is 0 Å². The Morgan fingerprint density at radius 3 is 2.86 bits per heavy atom. The van der Waals surface area contributed by atoms with Crippen molar-refractivity contribution in [1.29, 1.82) is 0 Å². The molecule has 1 aromatic carbocycles. The van der Waals surface area contributed by atoms with Gasteiger partial charge < -0.3 is 11.1 Å². The molecule has 78 valence electrons. The smallest absolute Gasteiger partial charge is 0.0577 e. The summed E-state index contributed by atoms with van der Waals surface area (Å²) in [6.45, 7) is 2.15. The molecule has 0 radical (unpaired) electrons. The van der Waals surface area contributed by atoms with Gasteiger partial charge in [-0.25, -0.2) is 0 Å². The maximum Gasteiger partial charge on any atom is 0.0577 e. The third-order valence-corrected chi connectivity index (χ3v) is 3.16. The highest BCUT2D eigenvalue weighted by Crippen LogP contribution is 2.23. The molecule has 0 saturated carbocycles. The molecule has 0 bridgehead atoms. The van der Waals surface area contributed by atoms with Gasteiger partial charge in [-0.05, 0) is 31.4 Å². The molecule has 1 unspecified atom stereocenters. The molecule has 3 N–H and O–H groups in total. The number of rotatable bonds is 4. The van der Waals surface area contributed by atoms with Crippen molar-refractivity contribution >= 4 is 39.1 Å². The van der Waals surface area contributed by atoms with Crippen LogP contribution in [0.5, 0.6) is 0 Å². The van der Waals surface area contributed by atoms with Crippen LogP contribution in [0.25, 0.3) is 0 Å². The highest BCUT2D eigenvalue weighted by molar-refractivity contribution is 9.10. The minimum atomic E-state index is 0.438. The maximum absolute atomic E-state index is 5.87. The van der Waals surface area contributed by atoms with Crippen LogP contribution in [-0.4, -0.2) is 18.1 Å². The number of nitrogens with one attached hydrogen (secondary N) is 1. The largest absolute Gasteiger partial charge is 0.397 e. The zero-order valence-electron chi connectivity index (χ0n) is 8.38. The fraction of sp³-hybridized carbons (Fsp3) is 0.400. The van der Waals surface area contributed by atoms with E-state index in [0.29, 0.717) is 6.04 Å². The van der Waals surface area contributed by atoms with E-state index in [2.05, 4.69) is 34.4 Å². The number of anilines is 2. The van der Waals surface area contributed by atoms with Gasteiger partial charge in [-0.3, -0.25) is 0 Å². The third-order valence-electron chi connectivity index (χ3n) is 1.83. The summed E-state index contributed by atoms with van der Waals surface area (Å²) in [6.07, 6.45) is 2.10. The first kappa shape index (κ1) is 11.7. The molecule has 0 amide bonds. The van der Waals surface area contributed by atoms with Crippen molar-refractivity contribution in [3.63, 3.8) is 0 Å². The molecule has 0 aliphatic rings. The Hall–Kier alpha value is -0.350. The molecule has 0 spiro atoms. The molecule has 0 heterocycles. The first-order valence-corrected chi connectivity index (χ1v) is 6.62. The second-order valence-corrected chi connectivity index (χ2v) is 5.06. The van der Waals surface area contributed by atoms with Gasteiger partial charge in [-0.15, -0.1) is 0 Å². The Morgan fingerprint density at radius 2 is 2.29 bits per heavy atom. The van der Waals surface area contributed by atoms with Gasteiger partial charge >= 0.3 is 0 Å². The number of nitrogens with two attached hydrogens (primary N) is 1. The highest BCUT2D eigenvalue weighted by Gasteiger charge is 2.03. The van der Waals surface area contributed by atoms with E-state index in [1.165, 1.54) is 0 Å². The fourth-order valence-electron chi connectivity index (χ4n) is 1.22. The van der Waals surface area contributed by atoms with Crippen LogP contribution in [0, 0.1) is 0 Å². The number of hydrogen-bond donors (Lipinski definition) is 2. The molecule has 0 aromatic heterocycles. The van der Waals surface area contributed by atoms with E-state index >= 15 is 0 Å². The maximum atomic E-state index is 5.87. The van der Waals surface area contributed by atoms with E-state index in [1.54, 1.807) is 0 Å². The second kappa shape index (κ2) is 5.51. The van der Waals surface area contributed by atoms with E-state index in [1.807, 2.05) is 30.0 Å². The molecule has 4 heteroatoms. The highest BCUT2D eigenvalue weighted by atomic mass is 79.9. The number of halogens is 1. The van der Waals surface area contributed by atoms with Crippen molar-refractivity contribution in [1.82, 2.24) is 0 Å². The molecular formula is C10H15BrN2S. The van der Waals surface area contributed by atoms with Gasteiger partial charge in [-0.2, -0.15) is 11.8 Å². The topological polar surface area (TPSA) is 38.0 Å². The Bertz CT molecular complexity index is 304. The lowest BCUT2D eigenvalue weighted by molar-refractivity contribution is 0.915. The van der Waals surface area contributed by atoms with E-state index in [-0.39, 0.29) is 0 Å². The summed E-state index contributed by atoms with van der Waals surface area (Å²) in [5.74, 6) is 1.08.